The number of halogens is 3. The van der Waals surface area contributed by atoms with E-state index in [4.69, 9.17) is 17.3 Å². The van der Waals surface area contributed by atoms with Gasteiger partial charge in [-0.15, -0.1) is 5.69 Å². The van der Waals surface area contributed by atoms with Gasteiger partial charge in [-0.3, -0.25) is 10.3 Å². The second-order valence-corrected chi connectivity index (χ2v) is 10.9. The fourth-order valence-electron chi connectivity index (χ4n) is 3.21. The largest absolute Gasteiger partial charge is 1.00 e. The summed E-state index contributed by atoms with van der Waals surface area (Å²) < 4.78 is 53.2. The van der Waals surface area contributed by atoms with Crippen molar-refractivity contribution >= 4 is 27.1 Å². The number of nitrogens with zero attached hydrogens (tertiary/aromatic N) is 2. The summed E-state index contributed by atoms with van der Waals surface area (Å²) in [6, 6.07) is 5.61. The van der Waals surface area contributed by atoms with E-state index in [1.807, 2.05) is 13.8 Å². The van der Waals surface area contributed by atoms with Crippen molar-refractivity contribution in [3.63, 3.8) is 0 Å². The summed E-state index contributed by atoms with van der Waals surface area (Å²) in [4.78, 5) is 4.10. The Kier molecular flexibility index (Phi) is 10.7. The summed E-state index contributed by atoms with van der Waals surface area (Å²) in [5, 5.41) is 7.68. The maximum absolute atomic E-state index is 14.7. The van der Waals surface area contributed by atoms with Crippen LogP contribution in [-0.2, 0) is 21.9 Å². The fourth-order valence-corrected chi connectivity index (χ4v) is 5.14. The smallest absolute Gasteiger partial charge is 0.679 e. The van der Waals surface area contributed by atoms with Gasteiger partial charge in [0.25, 0.3) is 0 Å². The zero-order valence-electron chi connectivity index (χ0n) is 19.2. The zero-order chi connectivity index (χ0) is 23.6. The number of sulfone groups is 1. The predicted octanol–water partition coefficient (Wildman–Crippen LogP) is 1.55. The molecular formula is C21H28ClF2KN4O2S. The van der Waals surface area contributed by atoms with Crippen LogP contribution in [0.5, 0.6) is 0 Å². The first-order chi connectivity index (χ1) is 14.4. The average Bonchev–Trinajstić information content (AvgIpc) is 2.69. The normalized spacial score (nSPS) is 23.3. The van der Waals surface area contributed by atoms with Crippen LogP contribution in [0.1, 0.15) is 45.9 Å². The van der Waals surface area contributed by atoms with Gasteiger partial charge in [0.05, 0.1) is 27.2 Å². The summed E-state index contributed by atoms with van der Waals surface area (Å²) in [5.41, 5.74) is 5.22. The van der Waals surface area contributed by atoms with Crippen LogP contribution in [0.4, 0.5) is 14.5 Å². The molecule has 2 unspecified atom stereocenters. The van der Waals surface area contributed by atoms with E-state index in [1.165, 1.54) is 33.0 Å². The van der Waals surface area contributed by atoms with Crippen molar-refractivity contribution < 1.29 is 68.6 Å². The van der Waals surface area contributed by atoms with Gasteiger partial charge in [-0.1, -0.05) is 38.1 Å². The Morgan fingerprint density at radius 3 is 2.41 bits per heavy atom. The Morgan fingerprint density at radius 1 is 1.25 bits per heavy atom. The molecule has 1 aromatic heterocycles. The Morgan fingerprint density at radius 2 is 1.88 bits per heavy atom. The van der Waals surface area contributed by atoms with E-state index in [1.54, 1.807) is 12.1 Å². The number of hydrogen-bond acceptors (Lipinski definition) is 5. The summed E-state index contributed by atoms with van der Waals surface area (Å²) in [6.07, 6.45) is 0.497. The molecule has 6 nitrogen and oxygen atoms in total. The molecule has 0 saturated carbocycles. The maximum Gasteiger partial charge on any atom is 1.00 e. The van der Waals surface area contributed by atoms with Gasteiger partial charge in [0.1, 0.15) is 0 Å². The van der Waals surface area contributed by atoms with E-state index < -0.39 is 43.7 Å². The van der Waals surface area contributed by atoms with Crippen molar-refractivity contribution in [3.05, 3.63) is 63.7 Å². The number of aromatic nitrogens is 1. The molecule has 0 spiro atoms. The molecule has 32 heavy (non-hydrogen) atoms. The molecule has 0 aliphatic carbocycles. The van der Waals surface area contributed by atoms with E-state index in [0.717, 1.165) is 6.07 Å². The first kappa shape index (κ1) is 29.9. The molecule has 2 heterocycles. The van der Waals surface area contributed by atoms with Crippen LogP contribution in [-0.4, -0.2) is 30.1 Å². The van der Waals surface area contributed by atoms with E-state index in [0.29, 0.717) is 10.7 Å². The molecule has 2 aromatic rings. The molecule has 0 bridgehead atoms. The fraction of sp³-hybridized carbons (Fsp3) is 0.476. The van der Waals surface area contributed by atoms with Crippen molar-refractivity contribution in [1.29, 1.82) is 0 Å². The van der Waals surface area contributed by atoms with Gasteiger partial charge >= 0.3 is 51.4 Å². The van der Waals surface area contributed by atoms with Gasteiger partial charge in [0.2, 0.25) is 0 Å². The molecule has 1 aliphatic rings. The first-order valence-corrected chi connectivity index (χ1v) is 11.9. The molecule has 0 amide bonds. The van der Waals surface area contributed by atoms with Crippen LogP contribution in [0.3, 0.4) is 0 Å². The molecule has 172 valence electrons. The summed E-state index contributed by atoms with van der Waals surface area (Å²) in [7, 11) is -3.70. The zero-order valence-corrected chi connectivity index (χ0v) is 23.9. The molecule has 1 saturated heterocycles. The Balaban J connectivity index is 0.00000166. The third-order valence-corrected chi connectivity index (χ3v) is 8.36. The average molecular weight is 513 g/mol. The number of hydrogen-bond donors (Lipinski definition) is 2. The van der Waals surface area contributed by atoms with Crippen molar-refractivity contribution in [1.82, 2.24) is 10.3 Å². The number of pyridine rings is 1. The minimum atomic E-state index is -3.70. The molecule has 1 aliphatic heterocycles. The van der Waals surface area contributed by atoms with E-state index in [9.17, 15) is 17.2 Å². The second kappa shape index (κ2) is 11.5. The molecule has 3 rings (SSSR count). The minimum absolute atomic E-state index is 0. The Bertz CT molecular complexity index is 1040. The van der Waals surface area contributed by atoms with Gasteiger partial charge in [0, 0.05) is 17.5 Å². The molecule has 2 atom stereocenters. The molecule has 3 N–H and O–H groups in total. The summed E-state index contributed by atoms with van der Waals surface area (Å²) >= 11 is 5.79. The number of nitrogens with one attached hydrogen (secondary N) is 1. The van der Waals surface area contributed by atoms with Crippen LogP contribution in [0, 0.1) is 11.6 Å². The third-order valence-electron chi connectivity index (χ3n) is 5.32. The van der Waals surface area contributed by atoms with Gasteiger partial charge in [0.15, 0.2) is 21.5 Å². The summed E-state index contributed by atoms with van der Waals surface area (Å²) in [6.45, 7) is 8.61. The minimum Gasteiger partial charge on any atom is -0.679 e. The van der Waals surface area contributed by atoms with E-state index in [-0.39, 0.29) is 69.2 Å². The summed E-state index contributed by atoms with van der Waals surface area (Å²) in [5.74, 6) is -2.69. The number of nitrogens with two attached hydrogens (primary N) is 1. The first-order valence-electron chi connectivity index (χ1n) is 9.89. The predicted molar refractivity (Wildman–Crippen MR) is 120 cm³/mol. The quantitative estimate of drug-likeness (QED) is 0.605. The maximum atomic E-state index is 14.7. The van der Waals surface area contributed by atoms with Gasteiger partial charge in [-0.05, 0) is 39.0 Å². The SMILES string of the molecule is CC.CC1(c2cc([N-]Cc3ccc(Cl)cn3)cc(F)c2F)CS(=O)(=O)C(C)(C)C(N)N1.[K+]. The molecule has 1 fully saturated rings. The second-order valence-electron chi connectivity index (χ2n) is 7.89. The van der Waals surface area contributed by atoms with Gasteiger partial charge in [-0.25, -0.2) is 17.2 Å². The van der Waals surface area contributed by atoms with Gasteiger partial charge in [-0.2, -0.15) is 0 Å². The third kappa shape index (κ3) is 6.28. The van der Waals surface area contributed by atoms with Crippen LogP contribution in [0.2, 0.25) is 5.02 Å². The van der Waals surface area contributed by atoms with E-state index in [2.05, 4.69) is 15.6 Å². The monoisotopic (exact) mass is 512 g/mol. The number of rotatable bonds is 4. The van der Waals surface area contributed by atoms with Crippen molar-refractivity contribution in [2.24, 2.45) is 5.73 Å². The Labute approximate surface area is 236 Å². The Hall–Kier alpha value is -0.174. The van der Waals surface area contributed by atoms with E-state index >= 15 is 0 Å². The van der Waals surface area contributed by atoms with Crippen molar-refractivity contribution in [2.75, 3.05) is 5.75 Å². The van der Waals surface area contributed by atoms with Crippen LogP contribution < -0.4 is 62.4 Å². The topological polar surface area (TPSA) is 99.2 Å². The molecular weight excluding hydrogens is 485 g/mol. The number of benzene rings is 1. The van der Waals surface area contributed by atoms with Crippen molar-refractivity contribution in [3.8, 4) is 0 Å². The molecule has 1 aromatic carbocycles. The molecule has 0 radical (unpaired) electrons. The van der Waals surface area contributed by atoms with Gasteiger partial charge < -0.3 is 11.1 Å². The van der Waals surface area contributed by atoms with Crippen LogP contribution in [0.15, 0.2) is 30.5 Å². The standard InChI is InChI=1S/C19H22ClF2N4O2S.C2H6.K/c1-18(2)17(23)26-19(3,10-29(18,27)28)14-6-13(7-15(21)16(14)22)25-9-12-5-4-11(20)8-24-12;1-2;/h4-8,17,26H,9-10,23H2,1-3H3;1-2H3;/q-1;;+1. The molecule has 11 heteroatoms. The van der Waals surface area contributed by atoms with Crippen LogP contribution >= 0.6 is 11.6 Å². The van der Waals surface area contributed by atoms with Crippen LogP contribution in [0.25, 0.3) is 5.32 Å². The van der Waals surface area contributed by atoms with Crippen molar-refractivity contribution in [2.45, 2.75) is 57.6 Å².